The van der Waals surface area contributed by atoms with Gasteiger partial charge in [0.15, 0.2) is 0 Å². The van der Waals surface area contributed by atoms with Crippen LogP contribution in [0, 0.1) is 0 Å². The molecule has 4 nitrogen and oxygen atoms in total. The second-order valence-electron chi connectivity index (χ2n) is 10.7. The van der Waals surface area contributed by atoms with Crippen molar-refractivity contribution in [3.05, 3.63) is 169 Å². The summed E-state index contributed by atoms with van der Waals surface area (Å²) in [6, 6.07) is 52.7. The minimum atomic E-state index is -2.84. The van der Waals surface area contributed by atoms with Crippen LogP contribution >= 0.6 is 19.0 Å². The molecule has 0 fully saturated rings. The first-order valence-corrected chi connectivity index (χ1v) is 17.2. The molecule has 1 aliphatic heterocycles. The van der Waals surface area contributed by atoms with E-state index in [1.54, 1.807) is 11.8 Å². The molecule has 44 heavy (non-hydrogen) atoms. The molecule has 0 atom stereocenters. The van der Waals surface area contributed by atoms with Gasteiger partial charge in [0.05, 0.1) is 0 Å². The minimum absolute atomic E-state index is 0.303. The SMILES string of the molecule is Nc1ccc(Sc2ccc(N3C(=O)c4ccc([PH](c5ccccc5)(c5ccccc5)c5ccccc5)cc4C3=O)cc2)cc1. The van der Waals surface area contributed by atoms with Crippen molar-refractivity contribution in [2.75, 3.05) is 10.6 Å². The Morgan fingerprint density at radius 1 is 0.477 bits per heavy atom. The Kier molecular flexibility index (Phi) is 7.35. The van der Waals surface area contributed by atoms with Crippen LogP contribution in [0.4, 0.5) is 11.4 Å². The Hall–Kier alpha value is -4.96. The number of hydrogen-bond acceptors (Lipinski definition) is 4. The van der Waals surface area contributed by atoms with Crippen LogP contribution in [-0.4, -0.2) is 11.8 Å². The Bertz CT molecular complexity index is 1870. The van der Waals surface area contributed by atoms with E-state index in [-0.39, 0.29) is 11.8 Å². The van der Waals surface area contributed by atoms with E-state index >= 15 is 0 Å². The monoisotopic (exact) mass is 608 g/mol. The van der Waals surface area contributed by atoms with E-state index in [0.717, 1.165) is 20.8 Å². The third kappa shape index (κ3) is 4.81. The van der Waals surface area contributed by atoms with Crippen LogP contribution in [0.1, 0.15) is 20.7 Å². The molecule has 6 aromatic carbocycles. The second-order valence-corrected chi connectivity index (χ2v) is 15.7. The van der Waals surface area contributed by atoms with Crippen molar-refractivity contribution < 1.29 is 9.59 Å². The maximum absolute atomic E-state index is 14.0. The Balaban J connectivity index is 1.30. The molecule has 0 saturated heterocycles. The zero-order chi connectivity index (χ0) is 30.1. The summed E-state index contributed by atoms with van der Waals surface area (Å²) in [6.07, 6.45) is 0. The fraction of sp³-hybridized carbons (Fsp3) is 0. The number of fused-ring (bicyclic) bond motifs is 1. The van der Waals surface area contributed by atoms with Crippen molar-refractivity contribution >= 4 is 63.4 Å². The molecule has 0 saturated carbocycles. The number of benzene rings is 6. The van der Waals surface area contributed by atoms with Crippen LogP contribution in [-0.2, 0) is 0 Å². The molecule has 0 unspecified atom stereocenters. The summed E-state index contributed by atoms with van der Waals surface area (Å²) in [4.78, 5) is 31.0. The van der Waals surface area contributed by atoms with Gasteiger partial charge in [-0.2, -0.15) is 0 Å². The van der Waals surface area contributed by atoms with E-state index in [9.17, 15) is 9.59 Å². The zero-order valence-electron chi connectivity index (χ0n) is 23.8. The number of amides is 2. The van der Waals surface area contributed by atoms with Crippen LogP contribution in [0.2, 0.25) is 0 Å². The summed E-state index contributed by atoms with van der Waals surface area (Å²) in [5.41, 5.74) is 7.95. The van der Waals surface area contributed by atoms with Crippen molar-refractivity contribution in [3.63, 3.8) is 0 Å². The third-order valence-corrected chi connectivity index (χ3v) is 13.9. The van der Waals surface area contributed by atoms with Gasteiger partial charge in [-0.3, -0.25) is 0 Å². The summed E-state index contributed by atoms with van der Waals surface area (Å²) in [7, 11) is -2.84. The fourth-order valence-corrected chi connectivity index (χ4v) is 11.7. The number of carbonyl (C=O) groups is 2. The quantitative estimate of drug-likeness (QED) is 0.127. The van der Waals surface area contributed by atoms with Crippen LogP contribution in [0.25, 0.3) is 0 Å². The Morgan fingerprint density at radius 3 is 1.43 bits per heavy atom. The second kappa shape index (κ2) is 11.6. The molecule has 0 aliphatic carbocycles. The van der Waals surface area contributed by atoms with Gasteiger partial charge in [0.2, 0.25) is 0 Å². The Labute approximate surface area is 261 Å². The summed E-state index contributed by atoms with van der Waals surface area (Å²) in [6.45, 7) is 0. The molecule has 214 valence electrons. The Morgan fingerprint density at radius 2 is 0.932 bits per heavy atom. The summed E-state index contributed by atoms with van der Waals surface area (Å²) in [5, 5.41) is 4.68. The van der Waals surface area contributed by atoms with Gasteiger partial charge in [-0.05, 0) is 12.1 Å². The van der Waals surface area contributed by atoms with Gasteiger partial charge in [0.1, 0.15) is 0 Å². The zero-order valence-corrected chi connectivity index (χ0v) is 25.6. The summed E-state index contributed by atoms with van der Waals surface area (Å²) in [5.74, 6) is -0.607. The van der Waals surface area contributed by atoms with Gasteiger partial charge < -0.3 is 5.73 Å². The van der Waals surface area contributed by atoms with Crippen molar-refractivity contribution in [1.82, 2.24) is 0 Å². The summed E-state index contributed by atoms with van der Waals surface area (Å²) >= 11 is 1.60. The predicted molar refractivity (Wildman–Crippen MR) is 185 cm³/mol. The number of nitrogens with zero attached hydrogens (tertiary/aromatic N) is 1. The van der Waals surface area contributed by atoms with E-state index in [0.29, 0.717) is 16.8 Å². The maximum atomic E-state index is 14.0. The third-order valence-electron chi connectivity index (χ3n) is 8.15. The number of hydrogen-bond donors (Lipinski definition) is 1. The molecular weight excluding hydrogens is 579 g/mol. The molecule has 6 heteroatoms. The molecule has 0 spiro atoms. The van der Waals surface area contributed by atoms with Crippen molar-refractivity contribution in [2.24, 2.45) is 0 Å². The van der Waals surface area contributed by atoms with E-state index < -0.39 is 7.26 Å². The number of rotatable bonds is 7. The van der Waals surface area contributed by atoms with Crippen LogP contribution in [0.3, 0.4) is 0 Å². The fourth-order valence-electron chi connectivity index (χ4n) is 6.11. The van der Waals surface area contributed by atoms with Crippen molar-refractivity contribution in [2.45, 2.75) is 9.79 Å². The minimum Gasteiger partial charge on any atom is -0.0380 e. The molecule has 1 aliphatic rings. The molecule has 0 radical (unpaired) electrons. The predicted octanol–water partition coefficient (Wildman–Crippen LogP) is 6.57. The molecule has 6 aromatic rings. The van der Waals surface area contributed by atoms with Crippen LogP contribution in [0.5, 0.6) is 0 Å². The average molecular weight is 609 g/mol. The van der Waals surface area contributed by atoms with E-state index in [1.807, 2.05) is 78.9 Å². The molecule has 2 amide bonds. The van der Waals surface area contributed by atoms with Gasteiger partial charge in [-0.1, -0.05) is 0 Å². The number of anilines is 2. The number of nitrogen functional groups attached to an aromatic ring is 1. The molecule has 1 heterocycles. The first-order chi connectivity index (χ1) is 21.6. The van der Waals surface area contributed by atoms with Crippen LogP contribution < -0.4 is 31.9 Å². The molecule has 7 rings (SSSR count). The summed E-state index contributed by atoms with van der Waals surface area (Å²) < 4.78 is 0. The average Bonchev–Trinajstić information content (AvgIpc) is 3.33. The van der Waals surface area contributed by atoms with E-state index in [2.05, 4.69) is 78.9 Å². The number of nitrogens with two attached hydrogens (primary N) is 1. The van der Waals surface area contributed by atoms with E-state index in [4.69, 9.17) is 5.73 Å². The topological polar surface area (TPSA) is 63.4 Å². The number of carbonyl (C=O) groups excluding carboxylic acids is 2. The van der Waals surface area contributed by atoms with Gasteiger partial charge >= 0.3 is 239 Å². The van der Waals surface area contributed by atoms with Crippen molar-refractivity contribution in [1.29, 1.82) is 0 Å². The van der Waals surface area contributed by atoms with Gasteiger partial charge in [-0.25, -0.2) is 0 Å². The number of imide groups is 1. The van der Waals surface area contributed by atoms with Crippen LogP contribution in [0.15, 0.2) is 168 Å². The molecule has 2 N–H and O–H groups in total. The molecule has 0 aromatic heterocycles. The van der Waals surface area contributed by atoms with Gasteiger partial charge in [0, 0.05) is 5.69 Å². The van der Waals surface area contributed by atoms with Crippen molar-refractivity contribution in [3.8, 4) is 0 Å². The molecular formula is C38H29N2O2PS. The van der Waals surface area contributed by atoms with Gasteiger partial charge in [-0.15, -0.1) is 0 Å². The first-order valence-electron chi connectivity index (χ1n) is 14.4. The standard InChI is InChI=1S/C38H29N2O2PS/c39-27-16-21-33(22-17-27)44-34-23-18-28(19-24-34)40-37(41)35-25-20-32(26-36(35)38(40)42)43(29-10-4-1-5-11-29,30-12-6-2-7-13-30)31-14-8-3-9-15-31/h1-26,43H,39H2. The van der Waals surface area contributed by atoms with Gasteiger partial charge in [0.25, 0.3) is 0 Å². The normalized spacial score (nSPS) is 13.1. The molecule has 0 bridgehead atoms. The van der Waals surface area contributed by atoms with E-state index in [1.165, 1.54) is 20.8 Å². The smallest absolute Gasteiger partial charge is 0.0380 e. The first kappa shape index (κ1) is 27.8.